The van der Waals surface area contributed by atoms with Crippen molar-refractivity contribution in [1.29, 1.82) is 5.41 Å². The number of hydrogen-bond donors (Lipinski definition) is 1. The van der Waals surface area contributed by atoms with Gasteiger partial charge in [-0.1, -0.05) is 6.07 Å². The number of sulfone groups is 1. The van der Waals surface area contributed by atoms with Crippen LogP contribution in [0.15, 0.2) is 39.2 Å². The fourth-order valence-corrected chi connectivity index (χ4v) is 5.49. The number of carbonyl (C=O) groups is 1. The lowest BCUT2D eigenvalue weighted by Gasteiger charge is -2.23. The molecule has 2 aromatic rings. The molecule has 0 atom stereocenters. The molecule has 1 amide bonds. The number of aromatic nitrogens is 1. The predicted molar refractivity (Wildman–Crippen MR) is 126 cm³/mol. The maximum Gasteiger partial charge on any atom is 0.283 e. The summed E-state index contributed by atoms with van der Waals surface area (Å²) in [6.45, 7) is 5.45. The summed E-state index contributed by atoms with van der Waals surface area (Å²) in [4.78, 5) is 28.4. The van der Waals surface area contributed by atoms with Crippen LogP contribution in [0.1, 0.15) is 22.5 Å². The molecule has 2 aliphatic rings. The van der Waals surface area contributed by atoms with Gasteiger partial charge in [0, 0.05) is 29.8 Å². The Hall–Kier alpha value is -3.58. The van der Waals surface area contributed by atoms with Crippen molar-refractivity contribution in [3.8, 4) is 5.69 Å². The van der Waals surface area contributed by atoms with Crippen LogP contribution >= 0.6 is 11.9 Å². The molecule has 0 saturated heterocycles. The molecule has 1 aromatic carbocycles. The first kappa shape index (κ1) is 22.6. The maximum atomic E-state index is 12.6. The number of nitrogens with zero attached hydrogens (tertiary/aromatic N) is 5. The zero-order valence-electron chi connectivity index (χ0n) is 18.0. The quantitative estimate of drug-likeness (QED) is 0.303. The molecular formula is C20H18N6O5S2. The van der Waals surface area contributed by atoms with Gasteiger partial charge in [0.2, 0.25) is 20.2 Å². The molecule has 1 N–H and O–H groups in total. The highest BCUT2D eigenvalue weighted by Crippen LogP contribution is 2.32. The van der Waals surface area contributed by atoms with E-state index in [1.165, 1.54) is 18.2 Å². The van der Waals surface area contributed by atoms with E-state index in [0.29, 0.717) is 16.9 Å². The van der Waals surface area contributed by atoms with E-state index in [1.54, 1.807) is 19.1 Å². The Bertz CT molecular complexity index is 1470. The van der Waals surface area contributed by atoms with E-state index >= 15 is 0 Å². The summed E-state index contributed by atoms with van der Waals surface area (Å²) >= 11 is 0.726. The Morgan fingerprint density at radius 3 is 2.55 bits per heavy atom. The van der Waals surface area contributed by atoms with E-state index in [9.17, 15) is 23.3 Å². The molecule has 11 nitrogen and oxygen atoms in total. The number of nitro benzene ring substituents is 1. The Kier molecular flexibility index (Phi) is 5.33. The smallest absolute Gasteiger partial charge is 0.283 e. The number of non-ortho nitro benzene ring substituents is 1. The van der Waals surface area contributed by atoms with Gasteiger partial charge in [0.05, 0.1) is 28.1 Å². The van der Waals surface area contributed by atoms with Crippen molar-refractivity contribution in [3.05, 3.63) is 62.5 Å². The zero-order chi connectivity index (χ0) is 24.2. The molecule has 0 fully saturated rings. The van der Waals surface area contributed by atoms with Gasteiger partial charge < -0.3 is 4.57 Å². The van der Waals surface area contributed by atoms with Crippen LogP contribution < -0.4 is 0 Å². The van der Waals surface area contributed by atoms with Crippen LogP contribution in [0.5, 0.6) is 0 Å². The van der Waals surface area contributed by atoms with Gasteiger partial charge in [0.1, 0.15) is 5.84 Å². The van der Waals surface area contributed by atoms with Crippen molar-refractivity contribution in [1.82, 2.24) is 9.47 Å². The number of amidine groups is 3. The second-order valence-electron chi connectivity index (χ2n) is 7.57. The first-order valence-corrected chi connectivity index (χ1v) is 12.2. The molecule has 0 unspecified atom stereocenters. The number of nitro groups is 1. The molecule has 0 aliphatic carbocycles. The Balaban J connectivity index is 1.81. The number of aryl methyl sites for hydroxylation is 2. The van der Waals surface area contributed by atoms with Crippen LogP contribution in [0.4, 0.5) is 5.69 Å². The molecule has 4 rings (SSSR count). The number of amides is 1. The minimum Gasteiger partial charge on any atom is -0.317 e. The van der Waals surface area contributed by atoms with E-state index in [-0.39, 0.29) is 27.4 Å². The number of fused-ring (bicyclic) bond motifs is 1. The van der Waals surface area contributed by atoms with Gasteiger partial charge in [0.25, 0.3) is 11.6 Å². The molecule has 0 saturated carbocycles. The number of rotatable bonds is 3. The molecule has 0 radical (unpaired) electrons. The molecule has 0 spiro atoms. The monoisotopic (exact) mass is 486 g/mol. The molecule has 170 valence electrons. The van der Waals surface area contributed by atoms with Crippen LogP contribution in [-0.4, -0.2) is 51.1 Å². The molecule has 33 heavy (non-hydrogen) atoms. The average Bonchev–Trinajstić information content (AvgIpc) is 3.26. The number of benzene rings is 1. The Morgan fingerprint density at radius 2 is 1.91 bits per heavy atom. The number of carbonyl (C=O) groups excluding carboxylic acids is 1. The molecular weight excluding hydrogens is 468 g/mol. The minimum atomic E-state index is -3.75. The van der Waals surface area contributed by atoms with Gasteiger partial charge in [-0.15, -0.1) is 0 Å². The van der Waals surface area contributed by atoms with E-state index in [4.69, 9.17) is 5.41 Å². The van der Waals surface area contributed by atoms with Crippen molar-refractivity contribution >= 4 is 55.6 Å². The van der Waals surface area contributed by atoms with Gasteiger partial charge in [-0.05, 0) is 44.0 Å². The van der Waals surface area contributed by atoms with Crippen molar-refractivity contribution < 1.29 is 18.1 Å². The highest BCUT2D eigenvalue weighted by Gasteiger charge is 2.41. The lowest BCUT2D eigenvalue weighted by molar-refractivity contribution is -0.384. The van der Waals surface area contributed by atoms with Crippen molar-refractivity contribution in [3.63, 3.8) is 0 Å². The molecule has 0 bridgehead atoms. The number of aliphatic imine (C=N–C) groups is 1. The number of nitrogens with one attached hydrogen (secondary N) is 1. The van der Waals surface area contributed by atoms with Crippen molar-refractivity contribution in [2.45, 2.75) is 20.8 Å². The summed E-state index contributed by atoms with van der Waals surface area (Å²) in [6.07, 6.45) is 2.44. The van der Waals surface area contributed by atoms with Crippen molar-refractivity contribution in [2.24, 2.45) is 9.39 Å². The predicted octanol–water partition coefficient (Wildman–Crippen LogP) is 2.93. The van der Waals surface area contributed by atoms with Gasteiger partial charge in [0.15, 0.2) is 0 Å². The fraction of sp³-hybridized carbons (Fsp3) is 0.200. The summed E-state index contributed by atoms with van der Waals surface area (Å²) < 4.78 is 29.8. The van der Waals surface area contributed by atoms with Crippen LogP contribution in [0.3, 0.4) is 0 Å². The largest absolute Gasteiger partial charge is 0.317 e. The van der Waals surface area contributed by atoms with Gasteiger partial charge in [-0.2, -0.15) is 9.39 Å². The molecule has 2 aliphatic heterocycles. The number of hydrogen-bond acceptors (Lipinski definition) is 8. The minimum absolute atomic E-state index is 0.0141. The summed E-state index contributed by atoms with van der Waals surface area (Å²) in [5.74, 6) is -1.02. The zero-order valence-corrected chi connectivity index (χ0v) is 19.6. The topological polar surface area (TPSA) is 151 Å². The summed E-state index contributed by atoms with van der Waals surface area (Å²) in [6, 6.07) is 6.36. The third kappa shape index (κ3) is 3.78. The normalized spacial score (nSPS) is 17.3. The van der Waals surface area contributed by atoms with Gasteiger partial charge in [-0.3, -0.25) is 20.3 Å². The summed E-state index contributed by atoms with van der Waals surface area (Å²) in [5, 5.41) is 19.4. The highest BCUT2D eigenvalue weighted by molar-refractivity contribution is 8.16. The van der Waals surface area contributed by atoms with Crippen LogP contribution in [0.2, 0.25) is 0 Å². The van der Waals surface area contributed by atoms with Gasteiger partial charge >= 0.3 is 0 Å². The lowest BCUT2D eigenvalue weighted by Crippen LogP contribution is -2.45. The second-order valence-corrected chi connectivity index (χ2v) is 10.2. The Morgan fingerprint density at radius 1 is 1.21 bits per heavy atom. The van der Waals surface area contributed by atoms with Gasteiger partial charge in [-0.25, -0.2) is 13.3 Å². The SMILES string of the molecule is Cc1ccc([N+](=O)[O-])cc1-n1c(C)cc(/C=C2/C(=N)N3C(=NC2=O)SN=C3S(C)(=O)=O)c1C. The van der Waals surface area contributed by atoms with E-state index < -0.39 is 20.7 Å². The van der Waals surface area contributed by atoms with E-state index in [2.05, 4.69) is 9.39 Å². The third-order valence-electron chi connectivity index (χ3n) is 5.24. The standard InChI is InChI=1S/C20H18N6O5S2/c1-10-5-6-14(26(28)29)9-16(10)24-11(2)7-13(12(24)3)8-15-17(21)25-19(22-18(15)27)32-23-20(25)33(4,30)31/h5-9,21H,1-4H3/b15-8-,21-17?. The van der Waals surface area contributed by atoms with Crippen LogP contribution in [0.25, 0.3) is 11.8 Å². The maximum absolute atomic E-state index is 12.6. The molecule has 3 heterocycles. The fourth-order valence-electron chi connectivity index (χ4n) is 3.65. The first-order chi connectivity index (χ1) is 15.4. The lowest BCUT2D eigenvalue weighted by atomic mass is 10.1. The van der Waals surface area contributed by atoms with Crippen LogP contribution in [-0.2, 0) is 14.6 Å². The van der Waals surface area contributed by atoms with E-state index in [1.807, 2.05) is 18.4 Å². The second kappa shape index (κ2) is 7.78. The van der Waals surface area contributed by atoms with Crippen LogP contribution in [0, 0.1) is 36.3 Å². The average molecular weight is 487 g/mol. The molecule has 1 aromatic heterocycles. The third-order valence-corrected chi connectivity index (χ3v) is 6.99. The Labute approximate surface area is 193 Å². The summed E-state index contributed by atoms with van der Waals surface area (Å²) in [5.41, 5.74) is 3.34. The molecule has 13 heteroatoms. The highest BCUT2D eigenvalue weighted by atomic mass is 32.2. The van der Waals surface area contributed by atoms with Crippen molar-refractivity contribution in [2.75, 3.05) is 6.26 Å². The van der Waals surface area contributed by atoms with E-state index in [0.717, 1.165) is 34.4 Å². The first-order valence-electron chi connectivity index (χ1n) is 9.53. The summed E-state index contributed by atoms with van der Waals surface area (Å²) in [7, 11) is -3.75.